The van der Waals surface area contributed by atoms with Gasteiger partial charge in [0.25, 0.3) is 5.91 Å². The molecule has 0 unspecified atom stereocenters. The highest BCUT2D eigenvalue weighted by molar-refractivity contribution is 7.09. The summed E-state index contributed by atoms with van der Waals surface area (Å²) < 4.78 is 5.28. The summed E-state index contributed by atoms with van der Waals surface area (Å²) in [6, 6.07) is 12.7. The highest BCUT2D eigenvalue weighted by atomic mass is 32.1. The number of anilines is 2. The predicted molar refractivity (Wildman–Crippen MR) is 127 cm³/mol. The average Bonchev–Trinajstić information content (AvgIpc) is 3.56. The van der Waals surface area contributed by atoms with E-state index in [0.717, 1.165) is 46.0 Å². The van der Waals surface area contributed by atoms with Gasteiger partial charge in [-0.1, -0.05) is 6.07 Å². The van der Waals surface area contributed by atoms with Crippen molar-refractivity contribution in [3.05, 3.63) is 64.0 Å². The molecule has 2 amide bonds. The highest BCUT2D eigenvalue weighted by Crippen LogP contribution is 2.33. The normalized spacial score (nSPS) is 15.1. The third-order valence-electron chi connectivity index (χ3n) is 6.01. The lowest BCUT2D eigenvalue weighted by molar-refractivity contribution is -0.121. The number of carbonyl (C=O) groups is 3. The predicted octanol–water partition coefficient (Wildman–Crippen LogP) is 3.99. The first kappa shape index (κ1) is 21.3. The number of benzene rings is 2. The molecule has 2 aliphatic rings. The number of aryl methyl sites for hydroxylation is 1. The van der Waals surface area contributed by atoms with Crippen molar-refractivity contribution < 1.29 is 19.1 Å². The monoisotopic (exact) mass is 461 g/mol. The van der Waals surface area contributed by atoms with Crippen molar-refractivity contribution in [2.45, 2.75) is 26.2 Å². The van der Waals surface area contributed by atoms with Crippen LogP contribution in [-0.2, 0) is 20.7 Å². The van der Waals surface area contributed by atoms with Crippen LogP contribution in [0.5, 0.6) is 0 Å². The Kier molecular flexibility index (Phi) is 5.68. The quantitative estimate of drug-likeness (QED) is 0.537. The van der Waals surface area contributed by atoms with Gasteiger partial charge in [0.2, 0.25) is 5.91 Å². The lowest BCUT2D eigenvalue weighted by Gasteiger charge is -2.18. The van der Waals surface area contributed by atoms with Gasteiger partial charge in [0.1, 0.15) is 0 Å². The Labute approximate surface area is 195 Å². The molecule has 8 heteroatoms. The van der Waals surface area contributed by atoms with Crippen molar-refractivity contribution in [2.75, 3.05) is 29.5 Å². The van der Waals surface area contributed by atoms with Crippen LogP contribution in [0.15, 0.2) is 47.8 Å². The van der Waals surface area contributed by atoms with E-state index in [4.69, 9.17) is 4.74 Å². The molecular formula is C25H23N3O4S. The first-order valence-electron chi connectivity index (χ1n) is 10.9. The molecule has 0 N–H and O–H groups in total. The summed E-state index contributed by atoms with van der Waals surface area (Å²) in [5.41, 5.74) is 5.04. The van der Waals surface area contributed by atoms with Crippen LogP contribution in [0, 0.1) is 6.92 Å². The van der Waals surface area contributed by atoms with Crippen molar-refractivity contribution in [1.82, 2.24) is 4.98 Å². The van der Waals surface area contributed by atoms with Crippen LogP contribution in [0.1, 0.15) is 33.8 Å². The number of hydrogen-bond acceptors (Lipinski definition) is 6. The van der Waals surface area contributed by atoms with Gasteiger partial charge in [-0.05, 0) is 61.7 Å². The number of carbonyl (C=O) groups excluding carboxylic acids is 3. The molecule has 7 nitrogen and oxygen atoms in total. The van der Waals surface area contributed by atoms with Crippen LogP contribution in [0.2, 0.25) is 0 Å². The van der Waals surface area contributed by atoms with E-state index in [1.165, 1.54) is 0 Å². The largest absolute Gasteiger partial charge is 0.452 e. The molecule has 0 atom stereocenters. The van der Waals surface area contributed by atoms with Crippen LogP contribution in [0.3, 0.4) is 0 Å². The molecule has 3 heterocycles. The third-order valence-corrected chi connectivity index (χ3v) is 6.78. The Balaban J connectivity index is 1.20. The van der Waals surface area contributed by atoms with Gasteiger partial charge in [0, 0.05) is 41.8 Å². The van der Waals surface area contributed by atoms with Crippen molar-refractivity contribution >= 4 is 40.5 Å². The van der Waals surface area contributed by atoms with Crippen LogP contribution in [0.25, 0.3) is 11.3 Å². The number of ether oxygens (including phenoxy) is 1. The smallest absolute Gasteiger partial charge is 0.338 e. The van der Waals surface area contributed by atoms with Crippen molar-refractivity contribution in [3.8, 4) is 11.3 Å². The molecule has 2 aromatic carbocycles. The molecule has 168 valence electrons. The van der Waals surface area contributed by atoms with E-state index >= 15 is 0 Å². The van der Waals surface area contributed by atoms with E-state index in [0.29, 0.717) is 25.1 Å². The number of rotatable bonds is 5. The van der Waals surface area contributed by atoms with Gasteiger partial charge in [-0.2, -0.15) is 0 Å². The molecule has 1 aromatic heterocycles. The Morgan fingerprint density at radius 1 is 1.09 bits per heavy atom. The van der Waals surface area contributed by atoms with Gasteiger partial charge < -0.3 is 14.5 Å². The molecule has 0 radical (unpaired) electrons. The van der Waals surface area contributed by atoms with Gasteiger partial charge in [-0.25, -0.2) is 9.78 Å². The number of thiazole rings is 1. The zero-order valence-corrected chi connectivity index (χ0v) is 19.1. The first-order valence-corrected chi connectivity index (χ1v) is 11.8. The topological polar surface area (TPSA) is 79.8 Å². The summed E-state index contributed by atoms with van der Waals surface area (Å²) in [7, 11) is 0. The zero-order valence-electron chi connectivity index (χ0n) is 18.2. The van der Waals surface area contributed by atoms with Crippen molar-refractivity contribution in [3.63, 3.8) is 0 Å². The Hall–Kier alpha value is -3.52. The van der Waals surface area contributed by atoms with Crippen LogP contribution in [0.4, 0.5) is 11.4 Å². The molecule has 0 bridgehead atoms. The zero-order chi connectivity index (χ0) is 22.9. The van der Waals surface area contributed by atoms with Gasteiger partial charge >= 0.3 is 5.97 Å². The van der Waals surface area contributed by atoms with E-state index in [1.807, 2.05) is 24.4 Å². The SMILES string of the molecule is Cc1nc(-c2ccc3c(c2)CCN3C(=O)COC(=O)c2ccc(N3CCCC3=O)cc2)cs1. The summed E-state index contributed by atoms with van der Waals surface area (Å²) in [5, 5.41) is 3.05. The molecule has 5 rings (SSSR count). The minimum atomic E-state index is -0.559. The van der Waals surface area contributed by atoms with Crippen molar-refractivity contribution in [2.24, 2.45) is 0 Å². The number of hydrogen-bond donors (Lipinski definition) is 0. The molecule has 3 aromatic rings. The first-order chi connectivity index (χ1) is 16.0. The Morgan fingerprint density at radius 2 is 1.91 bits per heavy atom. The standard InChI is InChI=1S/C25H23N3O4S/c1-16-26-21(15-33-16)18-6-9-22-19(13-18)10-12-28(22)24(30)14-32-25(31)17-4-7-20(8-5-17)27-11-2-3-23(27)29/h4-9,13,15H,2-3,10-12,14H2,1H3. The van der Waals surface area contributed by atoms with E-state index < -0.39 is 5.97 Å². The number of esters is 1. The van der Waals surface area contributed by atoms with Gasteiger partial charge in [-0.3, -0.25) is 9.59 Å². The highest BCUT2D eigenvalue weighted by Gasteiger charge is 2.26. The fourth-order valence-corrected chi connectivity index (χ4v) is 4.93. The maximum absolute atomic E-state index is 12.8. The molecule has 1 fully saturated rings. The summed E-state index contributed by atoms with van der Waals surface area (Å²) in [6.45, 7) is 2.91. The van der Waals surface area contributed by atoms with Gasteiger partial charge in [0.05, 0.1) is 16.3 Å². The number of fused-ring (bicyclic) bond motifs is 1. The molecular weight excluding hydrogens is 438 g/mol. The van der Waals surface area contributed by atoms with E-state index in [-0.39, 0.29) is 18.4 Å². The average molecular weight is 462 g/mol. The summed E-state index contributed by atoms with van der Waals surface area (Å²) in [5.74, 6) is -0.717. The van der Waals surface area contributed by atoms with E-state index in [1.54, 1.807) is 45.4 Å². The molecule has 2 aliphatic heterocycles. The summed E-state index contributed by atoms with van der Waals surface area (Å²) in [4.78, 5) is 45.0. The maximum atomic E-state index is 12.8. The number of amides is 2. The fourth-order valence-electron chi connectivity index (χ4n) is 4.30. The maximum Gasteiger partial charge on any atom is 0.338 e. The Bertz CT molecular complexity index is 1230. The van der Waals surface area contributed by atoms with Gasteiger partial charge in [-0.15, -0.1) is 11.3 Å². The van der Waals surface area contributed by atoms with Crippen molar-refractivity contribution in [1.29, 1.82) is 0 Å². The second kappa shape index (κ2) is 8.78. The fraction of sp³-hybridized carbons (Fsp3) is 0.280. The van der Waals surface area contributed by atoms with Gasteiger partial charge in [0.15, 0.2) is 6.61 Å². The second-order valence-corrected chi connectivity index (χ2v) is 9.22. The minimum Gasteiger partial charge on any atom is -0.452 e. The third kappa shape index (κ3) is 4.26. The van der Waals surface area contributed by atoms with Crippen LogP contribution < -0.4 is 9.80 Å². The lowest BCUT2D eigenvalue weighted by Crippen LogP contribution is -2.33. The molecule has 33 heavy (non-hydrogen) atoms. The lowest BCUT2D eigenvalue weighted by atomic mass is 10.1. The second-order valence-electron chi connectivity index (χ2n) is 8.16. The van der Waals surface area contributed by atoms with E-state index in [2.05, 4.69) is 11.1 Å². The summed E-state index contributed by atoms with van der Waals surface area (Å²) >= 11 is 1.61. The van der Waals surface area contributed by atoms with Crippen LogP contribution in [-0.4, -0.2) is 42.5 Å². The Morgan fingerprint density at radius 3 is 2.61 bits per heavy atom. The van der Waals surface area contributed by atoms with Crippen LogP contribution >= 0.6 is 11.3 Å². The number of nitrogens with zero attached hydrogens (tertiary/aromatic N) is 3. The minimum absolute atomic E-state index is 0.0932. The molecule has 1 saturated heterocycles. The van der Waals surface area contributed by atoms with E-state index in [9.17, 15) is 14.4 Å². The number of aromatic nitrogens is 1. The molecule has 0 saturated carbocycles. The molecule has 0 spiro atoms. The summed E-state index contributed by atoms with van der Waals surface area (Å²) in [6.07, 6.45) is 2.15. The molecule has 0 aliphatic carbocycles.